The lowest BCUT2D eigenvalue weighted by molar-refractivity contribution is -0.280. The Morgan fingerprint density at radius 1 is 0.758 bits per heavy atom. The monoisotopic (exact) mass is 445 g/mol. The molecule has 2 heterocycles. The maximum Gasteiger partial charge on any atom is 0.338 e. The van der Waals surface area contributed by atoms with Crippen LogP contribution in [0.5, 0.6) is 5.88 Å². The number of likely N-dealkylation sites (N-methyl/N-ethyl adjacent to an activating group) is 1. The van der Waals surface area contributed by atoms with Gasteiger partial charge in [-0.1, -0.05) is 36.4 Å². The Morgan fingerprint density at radius 2 is 1.30 bits per heavy atom. The Kier molecular flexibility index (Phi) is 5.26. The summed E-state index contributed by atoms with van der Waals surface area (Å²) < 4.78 is 1.48. The largest absolute Gasteiger partial charge is 0.859 e. The average Bonchev–Trinajstić information content (AvgIpc) is 2.82. The fraction of sp³-hybridized carbons (Fsp3) is 0.0870. The van der Waals surface area contributed by atoms with Gasteiger partial charge >= 0.3 is 11.7 Å². The van der Waals surface area contributed by atoms with Crippen LogP contribution in [0.3, 0.4) is 0 Å². The summed E-state index contributed by atoms with van der Waals surface area (Å²) in [4.78, 5) is 65.8. The minimum absolute atomic E-state index is 0.210. The maximum atomic E-state index is 13.1. The number of hydrogen-bond donors (Lipinski definition) is 0. The van der Waals surface area contributed by atoms with Crippen molar-refractivity contribution >= 4 is 29.6 Å². The third-order valence-corrected chi connectivity index (χ3v) is 5.21. The van der Waals surface area contributed by atoms with Crippen molar-refractivity contribution in [3.63, 3.8) is 0 Å². The standard InChI is InChI=1S/C23H18N4O6/c1-24-18(28)16(20(30)26(22(24)32)14-9-5-3-6-10-14)13-17-19(29)25(2)23(33)27(21(17)31)15-11-7-4-8-12-15/h3-13,28H,1-2H3/p-1. The van der Waals surface area contributed by atoms with E-state index in [-0.39, 0.29) is 11.4 Å². The van der Waals surface area contributed by atoms with E-state index in [1.807, 2.05) is 0 Å². The zero-order valence-electron chi connectivity index (χ0n) is 17.6. The molecule has 3 aromatic rings. The van der Waals surface area contributed by atoms with Crippen LogP contribution in [0.2, 0.25) is 0 Å². The van der Waals surface area contributed by atoms with Crippen molar-refractivity contribution in [3.8, 4) is 11.6 Å². The van der Waals surface area contributed by atoms with Crippen LogP contribution in [0, 0.1) is 0 Å². The van der Waals surface area contributed by atoms with E-state index in [1.54, 1.807) is 36.4 Å². The van der Waals surface area contributed by atoms with E-state index < -0.39 is 46.1 Å². The SMILES string of the molecule is CN1C(=O)C(=Cc2c([O-])n(C)c(=O)n(-c3ccccc3)c2=O)C(=O)N(c2ccccc2)C1=O. The number of para-hydroxylation sites is 2. The third-order valence-electron chi connectivity index (χ3n) is 5.21. The van der Waals surface area contributed by atoms with Crippen molar-refractivity contribution in [1.29, 1.82) is 0 Å². The fourth-order valence-corrected chi connectivity index (χ4v) is 3.43. The smallest absolute Gasteiger partial charge is 0.338 e. The summed E-state index contributed by atoms with van der Waals surface area (Å²) in [7, 11) is 2.37. The van der Waals surface area contributed by atoms with Gasteiger partial charge in [0.25, 0.3) is 17.4 Å². The van der Waals surface area contributed by atoms with Crippen molar-refractivity contribution in [1.82, 2.24) is 14.0 Å². The third kappa shape index (κ3) is 3.43. The molecule has 1 aliphatic rings. The summed E-state index contributed by atoms with van der Waals surface area (Å²) in [5.74, 6) is -2.94. The van der Waals surface area contributed by atoms with E-state index in [0.717, 1.165) is 15.5 Å². The predicted octanol–water partition coefficient (Wildman–Crippen LogP) is 0.618. The lowest BCUT2D eigenvalue weighted by Crippen LogP contribution is -2.55. The molecule has 0 radical (unpaired) electrons. The topological polar surface area (TPSA) is 125 Å². The molecule has 4 rings (SSSR count). The zero-order chi connectivity index (χ0) is 23.9. The van der Waals surface area contributed by atoms with E-state index in [1.165, 1.54) is 38.4 Å². The van der Waals surface area contributed by atoms with Crippen LogP contribution in [0.15, 0.2) is 75.8 Å². The van der Waals surface area contributed by atoms with Crippen molar-refractivity contribution in [2.24, 2.45) is 7.05 Å². The average molecular weight is 445 g/mol. The van der Waals surface area contributed by atoms with Gasteiger partial charge in [0.2, 0.25) is 0 Å². The van der Waals surface area contributed by atoms with Gasteiger partial charge in [0.15, 0.2) is 0 Å². The van der Waals surface area contributed by atoms with Crippen molar-refractivity contribution in [2.45, 2.75) is 0 Å². The number of amides is 4. The molecule has 33 heavy (non-hydrogen) atoms. The number of urea groups is 1. The summed E-state index contributed by atoms with van der Waals surface area (Å²) in [6.45, 7) is 0. The predicted molar refractivity (Wildman–Crippen MR) is 117 cm³/mol. The fourth-order valence-electron chi connectivity index (χ4n) is 3.43. The Bertz CT molecular complexity index is 1440. The number of anilines is 1. The molecule has 1 fully saturated rings. The Morgan fingerprint density at radius 3 is 1.88 bits per heavy atom. The lowest BCUT2D eigenvalue weighted by Gasteiger charge is -2.31. The molecule has 0 N–H and O–H groups in total. The maximum absolute atomic E-state index is 13.1. The summed E-state index contributed by atoms with van der Waals surface area (Å²) in [5, 5.41) is 12.8. The van der Waals surface area contributed by atoms with E-state index in [4.69, 9.17) is 0 Å². The lowest BCUT2D eigenvalue weighted by atomic mass is 10.1. The molecule has 0 unspecified atom stereocenters. The summed E-state index contributed by atoms with van der Waals surface area (Å²) in [6.07, 6.45) is 0.840. The molecule has 0 atom stereocenters. The highest BCUT2D eigenvalue weighted by Crippen LogP contribution is 2.25. The minimum atomic E-state index is -0.992. The number of rotatable bonds is 3. The minimum Gasteiger partial charge on any atom is -0.859 e. The number of barbiturate groups is 1. The Balaban J connectivity index is 1.95. The van der Waals surface area contributed by atoms with Crippen LogP contribution in [0.25, 0.3) is 11.8 Å². The zero-order valence-corrected chi connectivity index (χ0v) is 17.6. The quantitative estimate of drug-likeness (QED) is 0.430. The van der Waals surface area contributed by atoms with Crippen LogP contribution in [-0.2, 0) is 16.6 Å². The molecule has 0 bridgehead atoms. The second-order valence-corrected chi connectivity index (χ2v) is 7.22. The van der Waals surface area contributed by atoms with Gasteiger partial charge in [-0.2, -0.15) is 0 Å². The van der Waals surface area contributed by atoms with Gasteiger partial charge in [-0.15, -0.1) is 0 Å². The van der Waals surface area contributed by atoms with Gasteiger partial charge < -0.3 is 9.67 Å². The van der Waals surface area contributed by atoms with Gasteiger partial charge in [0, 0.05) is 14.1 Å². The molecule has 10 nitrogen and oxygen atoms in total. The molecule has 1 aromatic heterocycles. The Hall–Kier alpha value is -4.73. The van der Waals surface area contributed by atoms with Crippen LogP contribution < -0.4 is 21.3 Å². The van der Waals surface area contributed by atoms with Gasteiger partial charge in [-0.3, -0.25) is 19.3 Å². The molecule has 1 aliphatic heterocycles. The molecule has 0 spiro atoms. The second-order valence-electron chi connectivity index (χ2n) is 7.22. The number of hydrogen-bond acceptors (Lipinski definition) is 6. The van der Waals surface area contributed by atoms with Gasteiger partial charge in [0.05, 0.1) is 16.9 Å². The van der Waals surface area contributed by atoms with Gasteiger partial charge in [0.1, 0.15) is 5.57 Å². The first-order valence-corrected chi connectivity index (χ1v) is 9.75. The van der Waals surface area contributed by atoms with Crippen molar-refractivity contribution in [3.05, 3.63) is 92.6 Å². The molecular weight excluding hydrogens is 428 g/mol. The number of imide groups is 2. The van der Waals surface area contributed by atoms with E-state index in [2.05, 4.69) is 0 Å². The van der Waals surface area contributed by atoms with Gasteiger partial charge in [-0.25, -0.2) is 19.1 Å². The van der Waals surface area contributed by atoms with Crippen LogP contribution in [-0.4, -0.2) is 38.9 Å². The number of nitrogens with zero attached hydrogens (tertiary/aromatic N) is 4. The number of benzene rings is 2. The molecule has 166 valence electrons. The van der Waals surface area contributed by atoms with Crippen molar-refractivity contribution < 1.29 is 19.5 Å². The highest BCUT2D eigenvalue weighted by atomic mass is 16.3. The highest BCUT2D eigenvalue weighted by Gasteiger charge is 2.41. The van der Waals surface area contributed by atoms with E-state index in [9.17, 15) is 29.1 Å². The van der Waals surface area contributed by atoms with Crippen LogP contribution in [0.1, 0.15) is 5.56 Å². The summed E-state index contributed by atoms with van der Waals surface area (Å²) in [6, 6.07) is 15.0. The number of carbonyl (C=O) groups excluding carboxylic acids is 3. The molecule has 4 amide bonds. The van der Waals surface area contributed by atoms with Crippen LogP contribution >= 0.6 is 0 Å². The van der Waals surface area contributed by atoms with Crippen LogP contribution in [0.4, 0.5) is 10.5 Å². The van der Waals surface area contributed by atoms with E-state index in [0.29, 0.717) is 9.47 Å². The molecule has 0 saturated carbocycles. The molecular formula is C23H17N4O6-. The number of aromatic nitrogens is 2. The molecule has 0 aliphatic carbocycles. The number of carbonyl (C=O) groups is 3. The van der Waals surface area contributed by atoms with E-state index >= 15 is 0 Å². The second kappa shape index (κ2) is 8.08. The molecule has 2 aromatic carbocycles. The van der Waals surface area contributed by atoms with Crippen molar-refractivity contribution in [2.75, 3.05) is 11.9 Å². The summed E-state index contributed by atoms with van der Waals surface area (Å²) in [5.41, 5.74) is -2.57. The first-order valence-electron chi connectivity index (χ1n) is 9.75. The molecule has 1 saturated heterocycles. The van der Waals surface area contributed by atoms with Gasteiger partial charge in [-0.05, 0) is 36.2 Å². The first-order chi connectivity index (χ1) is 15.7. The molecule has 10 heteroatoms. The summed E-state index contributed by atoms with van der Waals surface area (Å²) >= 11 is 0. The first kappa shape index (κ1) is 21.5. The Labute approximate surface area is 186 Å². The normalized spacial score (nSPS) is 15.5. The highest BCUT2D eigenvalue weighted by molar-refractivity contribution is 6.39.